The number of carbonyl (C=O) groups excluding carboxylic acids is 1. The molecule has 3 heteroatoms. The van der Waals surface area contributed by atoms with E-state index in [0.29, 0.717) is 5.92 Å². The van der Waals surface area contributed by atoms with Gasteiger partial charge in [0.05, 0.1) is 0 Å². The van der Waals surface area contributed by atoms with Gasteiger partial charge < -0.3 is 10.1 Å². The normalized spacial score (nSPS) is 12.4. The second-order valence-electron chi connectivity index (χ2n) is 5.37. The molecule has 0 aliphatic carbocycles. The van der Waals surface area contributed by atoms with E-state index in [1.165, 1.54) is 0 Å². The van der Waals surface area contributed by atoms with Crippen molar-refractivity contribution in [2.75, 3.05) is 6.61 Å². The van der Waals surface area contributed by atoms with Crippen LogP contribution in [0.3, 0.4) is 0 Å². The van der Waals surface area contributed by atoms with Gasteiger partial charge in [-0.15, -0.1) is 0 Å². The fourth-order valence-corrected chi connectivity index (χ4v) is 1.93. The van der Waals surface area contributed by atoms with Crippen LogP contribution in [0, 0.1) is 5.92 Å². The quantitative estimate of drug-likeness (QED) is 0.905. The van der Waals surface area contributed by atoms with Crippen molar-refractivity contribution in [3.63, 3.8) is 0 Å². The minimum Gasteiger partial charge on any atom is -0.483 e. The topological polar surface area (TPSA) is 38.3 Å². The first kappa shape index (κ1) is 14.4. The molecule has 2 aromatic rings. The summed E-state index contributed by atoms with van der Waals surface area (Å²) in [7, 11) is 0. The second kappa shape index (κ2) is 6.42. The minimum atomic E-state index is -0.0841. The molecule has 0 aromatic heterocycles. The molecule has 1 N–H and O–H groups in total. The largest absolute Gasteiger partial charge is 0.483 e. The lowest BCUT2D eigenvalue weighted by Gasteiger charge is -2.17. The Hall–Kier alpha value is -2.03. The lowest BCUT2D eigenvalue weighted by atomic mass is 10.1. The average molecular weight is 271 g/mol. The standard InChI is InChI=1S/C17H21NO2/c1-12(2)13(3)18-17(19)11-20-16-10-6-8-14-7-4-5-9-15(14)16/h4-10,12-13H,11H2,1-3H3,(H,18,19)/t13-/m0/s1. The molecule has 20 heavy (non-hydrogen) atoms. The van der Waals surface area contributed by atoms with E-state index in [0.717, 1.165) is 16.5 Å². The van der Waals surface area contributed by atoms with E-state index in [1.54, 1.807) is 0 Å². The van der Waals surface area contributed by atoms with Gasteiger partial charge in [0.15, 0.2) is 6.61 Å². The summed E-state index contributed by atoms with van der Waals surface area (Å²) >= 11 is 0. The molecule has 1 atom stereocenters. The Morgan fingerprint density at radius 2 is 1.80 bits per heavy atom. The number of ether oxygens (including phenoxy) is 1. The molecule has 0 saturated carbocycles. The summed E-state index contributed by atoms with van der Waals surface area (Å²) in [5.41, 5.74) is 0. The SMILES string of the molecule is CC(C)[C@H](C)NC(=O)COc1cccc2ccccc12. The number of rotatable bonds is 5. The molecule has 0 spiro atoms. The molecule has 0 aliphatic heterocycles. The summed E-state index contributed by atoms with van der Waals surface area (Å²) in [6, 6.07) is 14.0. The zero-order valence-electron chi connectivity index (χ0n) is 12.2. The van der Waals surface area contributed by atoms with Crippen molar-refractivity contribution in [2.45, 2.75) is 26.8 Å². The van der Waals surface area contributed by atoms with E-state index < -0.39 is 0 Å². The highest BCUT2D eigenvalue weighted by molar-refractivity contribution is 5.88. The fraction of sp³-hybridized carbons (Fsp3) is 0.353. The Morgan fingerprint density at radius 3 is 2.55 bits per heavy atom. The molecule has 0 radical (unpaired) electrons. The van der Waals surface area contributed by atoms with Crippen LogP contribution in [-0.2, 0) is 4.79 Å². The maximum atomic E-state index is 11.8. The summed E-state index contributed by atoms with van der Waals surface area (Å²) < 4.78 is 5.65. The van der Waals surface area contributed by atoms with Gasteiger partial charge >= 0.3 is 0 Å². The first-order valence-electron chi connectivity index (χ1n) is 6.98. The number of carbonyl (C=O) groups is 1. The van der Waals surface area contributed by atoms with Gasteiger partial charge in [-0.05, 0) is 24.3 Å². The third-order valence-corrected chi connectivity index (χ3v) is 3.50. The monoisotopic (exact) mass is 271 g/mol. The van der Waals surface area contributed by atoms with Crippen LogP contribution in [0.1, 0.15) is 20.8 Å². The summed E-state index contributed by atoms with van der Waals surface area (Å²) in [5, 5.41) is 5.07. The average Bonchev–Trinajstić information content (AvgIpc) is 2.44. The number of nitrogens with one attached hydrogen (secondary N) is 1. The predicted molar refractivity (Wildman–Crippen MR) is 81.9 cm³/mol. The van der Waals surface area contributed by atoms with Crippen LogP contribution in [0.25, 0.3) is 10.8 Å². The maximum Gasteiger partial charge on any atom is 0.258 e. The van der Waals surface area contributed by atoms with Crippen LogP contribution in [0.15, 0.2) is 42.5 Å². The van der Waals surface area contributed by atoms with E-state index >= 15 is 0 Å². The van der Waals surface area contributed by atoms with Crippen LogP contribution in [0.5, 0.6) is 5.75 Å². The molecule has 106 valence electrons. The smallest absolute Gasteiger partial charge is 0.258 e. The van der Waals surface area contributed by atoms with E-state index in [4.69, 9.17) is 4.74 Å². The Kier molecular flexibility index (Phi) is 4.61. The number of benzene rings is 2. The minimum absolute atomic E-state index is 0.0467. The number of amides is 1. The van der Waals surface area contributed by atoms with Crippen LogP contribution in [0.4, 0.5) is 0 Å². The molecule has 0 aliphatic rings. The number of fused-ring (bicyclic) bond motifs is 1. The van der Waals surface area contributed by atoms with E-state index in [2.05, 4.69) is 19.2 Å². The summed E-state index contributed by atoms with van der Waals surface area (Å²) in [5.74, 6) is 1.08. The van der Waals surface area contributed by atoms with Crippen molar-refractivity contribution in [3.05, 3.63) is 42.5 Å². The molecule has 2 aromatic carbocycles. The molecule has 0 fully saturated rings. The van der Waals surface area contributed by atoms with Crippen molar-refractivity contribution in [3.8, 4) is 5.75 Å². The third-order valence-electron chi connectivity index (χ3n) is 3.50. The lowest BCUT2D eigenvalue weighted by molar-refractivity contribution is -0.123. The van der Waals surface area contributed by atoms with E-state index in [9.17, 15) is 4.79 Å². The Balaban J connectivity index is 2.01. The van der Waals surface area contributed by atoms with Crippen LogP contribution in [0.2, 0.25) is 0 Å². The molecule has 2 rings (SSSR count). The molecule has 0 heterocycles. The van der Waals surface area contributed by atoms with Gasteiger partial charge in [0.1, 0.15) is 5.75 Å². The van der Waals surface area contributed by atoms with Gasteiger partial charge in [0.25, 0.3) is 5.91 Å². The zero-order valence-corrected chi connectivity index (χ0v) is 12.2. The molecule has 0 unspecified atom stereocenters. The van der Waals surface area contributed by atoms with Crippen molar-refractivity contribution in [1.82, 2.24) is 5.32 Å². The van der Waals surface area contributed by atoms with Crippen molar-refractivity contribution >= 4 is 16.7 Å². The summed E-state index contributed by atoms with van der Waals surface area (Å²) in [4.78, 5) is 11.8. The highest BCUT2D eigenvalue weighted by atomic mass is 16.5. The van der Waals surface area contributed by atoms with Crippen LogP contribution >= 0.6 is 0 Å². The van der Waals surface area contributed by atoms with Gasteiger partial charge in [-0.2, -0.15) is 0 Å². The van der Waals surface area contributed by atoms with Crippen molar-refractivity contribution in [2.24, 2.45) is 5.92 Å². The lowest BCUT2D eigenvalue weighted by Crippen LogP contribution is -2.38. The Morgan fingerprint density at radius 1 is 1.10 bits per heavy atom. The van der Waals surface area contributed by atoms with E-state index in [1.807, 2.05) is 49.4 Å². The molecule has 0 saturated heterocycles. The predicted octanol–water partition coefficient (Wildman–Crippen LogP) is 3.38. The number of hydrogen-bond acceptors (Lipinski definition) is 2. The molecular weight excluding hydrogens is 250 g/mol. The zero-order chi connectivity index (χ0) is 14.5. The third kappa shape index (κ3) is 3.50. The summed E-state index contributed by atoms with van der Waals surface area (Å²) in [6.07, 6.45) is 0. The van der Waals surface area contributed by atoms with Crippen LogP contribution < -0.4 is 10.1 Å². The first-order chi connectivity index (χ1) is 9.58. The van der Waals surface area contributed by atoms with Crippen LogP contribution in [-0.4, -0.2) is 18.6 Å². The number of hydrogen-bond donors (Lipinski definition) is 1. The van der Waals surface area contributed by atoms with Gasteiger partial charge in [0, 0.05) is 11.4 Å². The van der Waals surface area contributed by atoms with Gasteiger partial charge in [-0.25, -0.2) is 0 Å². The first-order valence-corrected chi connectivity index (χ1v) is 6.98. The van der Waals surface area contributed by atoms with E-state index in [-0.39, 0.29) is 18.6 Å². The summed E-state index contributed by atoms with van der Waals surface area (Å²) in [6.45, 7) is 6.21. The molecular formula is C17H21NO2. The molecule has 1 amide bonds. The highest BCUT2D eigenvalue weighted by Crippen LogP contribution is 2.24. The second-order valence-corrected chi connectivity index (χ2v) is 5.37. The Bertz CT molecular complexity index is 587. The van der Waals surface area contributed by atoms with Gasteiger partial charge in [0.2, 0.25) is 0 Å². The van der Waals surface area contributed by atoms with Gasteiger partial charge in [-0.1, -0.05) is 50.2 Å². The van der Waals surface area contributed by atoms with Crippen molar-refractivity contribution < 1.29 is 9.53 Å². The van der Waals surface area contributed by atoms with Gasteiger partial charge in [-0.3, -0.25) is 4.79 Å². The maximum absolute atomic E-state index is 11.8. The molecule has 3 nitrogen and oxygen atoms in total. The molecule has 0 bridgehead atoms. The fourth-order valence-electron chi connectivity index (χ4n) is 1.93. The van der Waals surface area contributed by atoms with Crippen molar-refractivity contribution in [1.29, 1.82) is 0 Å². The Labute approximate surface area is 119 Å². The highest BCUT2D eigenvalue weighted by Gasteiger charge is 2.11.